The van der Waals surface area contributed by atoms with Gasteiger partial charge in [0.15, 0.2) is 0 Å². The van der Waals surface area contributed by atoms with Gasteiger partial charge < -0.3 is 9.47 Å². The number of amides is 2. The number of aromatic nitrogens is 1. The Balaban J connectivity index is 1.71. The van der Waals surface area contributed by atoms with E-state index in [1.54, 1.807) is 0 Å². The third-order valence-corrected chi connectivity index (χ3v) is 6.12. The number of benzene rings is 2. The van der Waals surface area contributed by atoms with E-state index in [4.69, 9.17) is 4.74 Å². The number of pyridine rings is 1. The zero-order valence-electron chi connectivity index (χ0n) is 17.2. The second-order valence-corrected chi connectivity index (χ2v) is 8.53. The molecule has 2 heterocycles. The number of alkyl halides is 3. The minimum Gasteiger partial charge on any atom is -0.496 e. The highest BCUT2D eigenvalue weighted by Gasteiger charge is 2.42. The summed E-state index contributed by atoms with van der Waals surface area (Å²) < 4.78 is 73.9. The molecule has 1 aliphatic heterocycles. The van der Waals surface area contributed by atoms with Gasteiger partial charge >= 0.3 is 6.36 Å². The van der Waals surface area contributed by atoms with Gasteiger partial charge in [0.1, 0.15) is 11.5 Å². The van der Waals surface area contributed by atoms with Crippen LogP contribution in [0, 0.1) is 0 Å². The number of imide groups is 1. The Labute approximate surface area is 190 Å². The lowest BCUT2D eigenvalue weighted by atomic mass is 10.1. The van der Waals surface area contributed by atoms with Crippen LogP contribution in [0.1, 0.15) is 20.7 Å². The summed E-state index contributed by atoms with van der Waals surface area (Å²) in [6.07, 6.45) is -2.19. The number of hydrogen-bond acceptors (Lipinski definition) is 7. The van der Waals surface area contributed by atoms with E-state index in [2.05, 4.69) is 14.4 Å². The van der Waals surface area contributed by atoms with Crippen molar-refractivity contribution in [3.05, 3.63) is 72.1 Å². The Morgan fingerprint density at radius 3 is 2.24 bits per heavy atom. The molecule has 0 unspecified atom stereocenters. The molecule has 0 atom stereocenters. The van der Waals surface area contributed by atoms with Crippen LogP contribution >= 0.6 is 0 Å². The molecule has 2 amide bonds. The van der Waals surface area contributed by atoms with Crippen LogP contribution in [0.3, 0.4) is 0 Å². The van der Waals surface area contributed by atoms with Crippen LogP contribution < -0.4 is 19.1 Å². The maximum Gasteiger partial charge on any atom is 0.573 e. The van der Waals surface area contributed by atoms with Gasteiger partial charge in [-0.15, -0.1) is 13.2 Å². The van der Waals surface area contributed by atoms with Crippen molar-refractivity contribution in [3.63, 3.8) is 0 Å². The maximum atomic E-state index is 13.2. The molecule has 176 valence electrons. The summed E-state index contributed by atoms with van der Waals surface area (Å²) in [5.41, 5.74) is -0.430. The summed E-state index contributed by atoms with van der Waals surface area (Å²) in [5, 5.41) is 0. The van der Waals surface area contributed by atoms with E-state index in [-0.39, 0.29) is 28.3 Å². The lowest BCUT2D eigenvalue weighted by Crippen LogP contribution is -2.29. The van der Waals surface area contributed by atoms with Gasteiger partial charge in [-0.3, -0.25) is 19.3 Å². The van der Waals surface area contributed by atoms with E-state index in [9.17, 15) is 31.2 Å². The first kappa shape index (κ1) is 23.0. The molecular formula is C21H14F3N3O6S. The topological polar surface area (TPSA) is 115 Å². The lowest BCUT2D eigenvalue weighted by molar-refractivity contribution is -0.274. The van der Waals surface area contributed by atoms with Crippen LogP contribution in [0.2, 0.25) is 0 Å². The third-order valence-electron chi connectivity index (χ3n) is 4.74. The van der Waals surface area contributed by atoms with Gasteiger partial charge in [0, 0.05) is 6.20 Å². The van der Waals surface area contributed by atoms with Crippen molar-refractivity contribution in [1.29, 1.82) is 0 Å². The molecule has 0 fully saturated rings. The fourth-order valence-corrected chi connectivity index (χ4v) is 4.41. The van der Waals surface area contributed by atoms with E-state index in [1.165, 1.54) is 43.8 Å². The summed E-state index contributed by atoms with van der Waals surface area (Å²) in [6, 6.07) is 9.04. The van der Waals surface area contributed by atoms with Crippen LogP contribution in [-0.2, 0) is 10.0 Å². The number of methoxy groups -OCH3 is 1. The Morgan fingerprint density at radius 1 is 0.971 bits per heavy atom. The third kappa shape index (κ3) is 4.24. The molecule has 13 heteroatoms. The van der Waals surface area contributed by atoms with Gasteiger partial charge in [0.2, 0.25) is 0 Å². The largest absolute Gasteiger partial charge is 0.573 e. The monoisotopic (exact) mass is 493 g/mol. The number of rotatable bonds is 6. The average Bonchev–Trinajstić information content (AvgIpc) is 3.05. The van der Waals surface area contributed by atoms with Crippen molar-refractivity contribution in [1.82, 2.24) is 4.98 Å². The minimum atomic E-state index is -4.94. The molecule has 1 aromatic heterocycles. The Kier molecular flexibility index (Phi) is 5.65. The molecule has 0 saturated carbocycles. The van der Waals surface area contributed by atoms with Crippen molar-refractivity contribution in [2.45, 2.75) is 11.3 Å². The molecule has 0 aliphatic carbocycles. The second kappa shape index (κ2) is 8.33. The van der Waals surface area contributed by atoms with Crippen LogP contribution in [0.15, 0.2) is 65.8 Å². The molecule has 2 aromatic carbocycles. The van der Waals surface area contributed by atoms with Crippen molar-refractivity contribution in [3.8, 4) is 11.5 Å². The number of halogens is 3. The van der Waals surface area contributed by atoms with Crippen molar-refractivity contribution in [2.75, 3.05) is 16.7 Å². The number of anilines is 2. The lowest BCUT2D eigenvalue weighted by Gasteiger charge is -2.14. The minimum absolute atomic E-state index is 0.0522. The number of nitrogens with one attached hydrogen (secondary N) is 1. The van der Waals surface area contributed by atoms with Crippen LogP contribution in [0.25, 0.3) is 0 Å². The fraction of sp³-hybridized carbons (Fsp3) is 0.0952. The van der Waals surface area contributed by atoms with Crippen LogP contribution in [0.4, 0.5) is 24.5 Å². The number of hydrogen-bond donors (Lipinski definition) is 1. The average molecular weight is 493 g/mol. The quantitative estimate of drug-likeness (QED) is 0.522. The zero-order valence-corrected chi connectivity index (χ0v) is 18.0. The molecular weight excluding hydrogens is 479 g/mol. The highest BCUT2D eigenvalue weighted by atomic mass is 32.2. The summed E-state index contributed by atoms with van der Waals surface area (Å²) in [5.74, 6) is -2.10. The van der Waals surface area contributed by atoms with Crippen molar-refractivity contribution in [2.24, 2.45) is 0 Å². The maximum absolute atomic E-state index is 13.2. The van der Waals surface area contributed by atoms with Gasteiger partial charge in [-0.1, -0.05) is 0 Å². The molecule has 34 heavy (non-hydrogen) atoms. The molecule has 0 bridgehead atoms. The van der Waals surface area contributed by atoms with Gasteiger partial charge in [0.05, 0.1) is 40.7 Å². The molecule has 0 spiro atoms. The van der Waals surface area contributed by atoms with E-state index in [0.29, 0.717) is 0 Å². The normalized spacial score (nSPS) is 13.6. The Hall–Kier alpha value is -4.13. The fourth-order valence-electron chi connectivity index (χ4n) is 3.33. The first-order valence-electron chi connectivity index (χ1n) is 9.40. The Morgan fingerprint density at radius 2 is 1.65 bits per heavy atom. The van der Waals surface area contributed by atoms with Crippen molar-refractivity contribution >= 4 is 33.2 Å². The molecule has 1 aliphatic rings. The highest BCUT2D eigenvalue weighted by Crippen LogP contribution is 2.39. The number of ether oxygens (including phenoxy) is 2. The van der Waals surface area contributed by atoms with Gasteiger partial charge in [-0.2, -0.15) is 0 Å². The van der Waals surface area contributed by atoms with Gasteiger partial charge in [-0.05, 0) is 48.5 Å². The Bertz CT molecular complexity index is 1380. The molecule has 0 saturated heterocycles. The number of nitrogens with zero attached hydrogens (tertiary/aromatic N) is 2. The van der Waals surface area contributed by atoms with Crippen molar-refractivity contribution < 1.29 is 40.7 Å². The molecule has 4 rings (SSSR count). The van der Waals surface area contributed by atoms with E-state index >= 15 is 0 Å². The SMILES string of the molecule is COc1ccc(NS(=O)(=O)c2ccc(OC(F)(F)F)cc2)c2c1C(=O)N(c1cccnc1)C2=O. The first-order valence-corrected chi connectivity index (χ1v) is 10.9. The molecule has 1 N–H and O–H groups in total. The zero-order chi connectivity index (χ0) is 24.7. The first-order chi connectivity index (χ1) is 16.0. The van der Waals surface area contributed by atoms with Gasteiger partial charge in [0.25, 0.3) is 21.8 Å². The predicted octanol–water partition coefficient (Wildman–Crippen LogP) is 3.59. The number of carbonyl (C=O) groups is 2. The summed E-state index contributed by atoms with van der Waals surface area (Å²) >= 11 is 0. The molecule has 3 aromatic rings. The smallest absolute Gasteiger partial charge is 0.496 e. The number of sulfonamides is 1. The number of carbonyl (C=O) groups excluding carboxylic acids is 2. The highest BCUT2D eigenvalue weighted by molar-refractivity contribution is 7.92. The van der Waals surface area contributed by atoms with Gasteiger partial charge in [-0.25, -0.2) is 13.3 Å². The summed E-state index contributed by atoms with van der Waals surface area (Å²) in [4.78, 5) is 30.5. The van der Waals surface area contributed by atoms with Crippen LogP contribution in [-0.4, -0.2) is 38.7 Å². The molecule has 9 nitrogen and oxygen atoms in total. The van der Waals surface area contributed by atoms with E-state index < -0.39 is 38.8 Å². The van der Waals surface area contributed by atoms with E-state index in [1.807, 2.05) is 0 Å². The summed E-state index contributed by atoms with van der Waals surface area (Å²) in [6.45, 7) is 0. The summed E-state index contributed by atoms with van der Waals surface area (Å²) in [7, 11) is -3.07. The predicted molar refractivity (Wildman–Crippen MR) is 112 cm³/mol. The van der Waals surface area contributed by atoms with Crippen LogP contribution in [0.5, 0.6) is 11.5 Å². The van der Waals surface area contributed by atoms with E-state index in [0.717, 1.165) is 29.2 Å². The second-order valence-electron chi connectivity index (χ2n) is 6.85. The standard InChI is InChI=1S/C21H14F3N3O6S/c1-32-16-9-8-15(17-18(16)20(29)27(19(17)28)12-3-2-10-25-11-12)26-34(30,31)14-6-4-13(5-7-14)33-21(22,23)24/h2-11,26H,1H3. The molecule has 0 radical (unpaired) electrons. The number of fused-ring (bicyclic) bond motifs is 1.